The van der Waals surface area contributed by atoms with Crippen molar-refractivity contribution >= 4 is 10.0 Å². The fourth-order valence-corrected chi connectivity index (χ4v) is 5.90. The number of benzene rings is 1. The van der Waals surface area contributed by atoms with E-state index in [0.29, 0.717) is 11.4 Å². The zero-order valence-corrected chi connectivity index (χ0v) is 17.1. The number of unbranched alkanes of at least 4 members (excludes halogenated alkanes) is 5. The van der Waals surface area contributed by atoms with Crippen molar-refractivity contribution in [2.75, 3.05) is 6.54 Å². The molecule has 1 aromatic carbocycles. The van der Waals surface area contributed by atoms with Crippen LogP contribution in [-0.2, 0) is 14.8 Å². The molecule has 1 aromatic rings. The van der Waals surface area contributed by atoms with Crippen LogP contribution in [0.25, 0.3) is 0 Å². The maximum Gasteiger partial charge on any atom is 0.245 e. The molecular formula is C21H33NO3S. The average molecular weight is 380 g/mol. The van der Waals surface area contributed by atoms with Gasteiger partial charge in [-0.2, -0.15) is 4.31 Å². The van der Waals surface area contributed by atoms with Crippen molar-refractivity contribution < 1.29 is 13.2 Å². The predicted molar refractivity (Wildman–Crippen MR) is 105 cm³/mol. The molecule has 2 fully saturated rings. The molecule has 2 heterocycles. The van der Waals surface area contributed by atoms with Crippen LogP contribution in [0.5, 0.6) is 0 Å². The van der Waals surface area contributed by atoms with Crippen LogP contribution in [0.2, 0.25) is 0 Å². The molecule has 26 heavy (non-hydrogen) atoms. The number of hydrogen-bond donors (Lipinski definition) is 0. The quantitative estimate of drug-likeness (QED) is 0.566. The van der Waals surface area contributed by atoms with Gasteiger partial charge in [-0.15, -0.1) is 0 Å². The molecule has 0 aromatic heterocycles. The van der Waals surface area contributed by atoms with Crippen LogP contribution in [0.3, 0.4) is 0 Å². The summed E-state index contributed by atoms with van der Waals surface area (Å²) in [5.74, 6) is 0. The maximum atomic E-state index is 13.1. The molecule has 5 heteroatoms. The Bertz CT molecular complexity index is 686. The lowest BCUT2D eigenvalue weighted by molar-refractivity contribution is -0.0881. The van der Waals surface area contributed by atoms with Gasteiger partial charge < -0.3 is 4.74 Å². The van der Waals surface area contributed by atoms with Crippen LogP contribution in [0, 0.1) is 6.92 Å². The second-order valence-electron chi connectivity index (χ2n) is 8.03. The van der Waals surface area contributed by atoms with Gasteiger partial charge in [-0.05, 0) is 44.7 Å². The smallest absolute Gasteiger partial charge is 0.245 e. The molecule has 2 aliphatic rings. The first kappa shape index (κ1) is 19.8. The minimum Gasteiger partial charge on any atom is -0.354 e. The monoisotopic (exact) mass is 379 g/mol. The van der Waals surface area contributed by atoms with Gasteiger partial charge in [0.25, 0.3) is 0 Å². The van der Waals surface area contributed by atoms with E-state index >= 15 is 0 Å². The summed E-state index contributed by atoms with van der Waals surface area (Å²) in [7, 11) is -3.48. The van der Waals surface area contributed by atoms with Crippen molar-refractivity contribution in [1.29, 1.82) is 0 Å². The fourth-order valence-electron chi connectivity index (χ4n) is 4.29. The number of hydrogen-bond acceptors (Lipinski definition) is 3. The van der Waals surface area contributed by atoms with Gasteiger partial charge in [-0.3, -0.25) is 0 Å². The normalized spacial score (nSPS) is 26.3. The van der Waals surface area contributed by atoms with Gasteiger partial charge >= 0.3 is 0 Å². The molecule has 0 radical (unpaired) electrons. The lowest BCUT2D eigenvalue weighted by Gasteiger charge is -2.32. The lowest BCUT2D eigenvalue weighted by atomic mass is 9.89. The van der Waals surface area contributed by atoms with Crippen LogP contribution in [0.1, 0.15) is 76.7 Å². The second-order valence-corrected chi connectivity index (χ2v) is 9.92. The van der Waals surface area contributed by atoms with Gasteiger partial charge in [0.05, 0.1) is 10.5 Å². The Hall–Kier alpha value is -0.910. The van der Waals surface area contributed by atoms with E-state index in [1.807, 2.05) is 19.1 Å². The van der Waals surface area contributed by atoms with E-state index in [-0.39, 0.29) is 11.8 Å². The molecule has 2 bridgehead atoms. The summed E-state index contributed by atoms with van der Waals surface area (Å²) in [6, 6.07) is 7.16. The summed E-state index contributed by atoms with van der Waals surface area (Å²) >= 11 is 0. The van der Waals surface area contributed by atoms with Crippen molar-refractivity contribution in [3.05, 3.63) is 29.8 Å². The highest BCUT2D eigenvalue weighted by atomic mass is 32.2. The lowest BCUT2D eigenvalue weighted by Crippen LogP contribution is -2.36. The SMILES string of the molecule is CCCCCCCC[C@@]12CCC[C@H](O1)N(S(=O)(=O)c1ccc(C)cc1)C2. The third-order valence-electron chi connectivity index (χ3n) is 5.85. The number of aryl methyl sites for hydroxylation is 1. The highest BCUT2D eigenvalue weighted by molar-refractivity contribution is 7.89. The van der Waals surface area contributed by atoms with Crippen LogP contribution in [0.4, 0.5) is 0 Å². The van der Waals surface area contributed by atoms with Gasteiger partial charge in [0.15, 0.2) is 0 Å². The first-order chi connectivity index (χ1) is 12.5. The summed E-state index contributed by atoms with van der Waals surface area (Å²) in [4.78, 5) is 0.383. The molecule has 0 spiro atoms. The Kier molecular flexibility index (Phi) is 6.41. The van der Waals surface area contributed by atoms with E-state index in [1.165, 1.54) is 32.1 Å². The molecule has 2 atom stereocenters. The number of ether oxygens (including phenoxy) is 1. The van der Waals surface area contributed by atoms with E-state index in [0.717, 1.165) is 37.7 Å². The van der Waals surface area contributed by atoms with E-state index in [2.05, 4.69) is 6.92 Å². The molecule has 4 nitrogen and oxygen atoms in total. The van der Waals surface area contributed by atoms with Crippen LogP contribution in [-0.4, -0.2) is 31.1 Å². The fraction of sp³-hybridized carbons (Fsp3) is 0.714. The van der Waals surface area contributed by atoms with E-state index in [4.69, 9.17) is 4.74 Å². The Morgan fingerprint density at radius 2 is 1.81 bits per heavy atom. The number of fused-ring (bicyclic) bond motifs is 2. The third kappa shape index (κ3) is 4.32. The van der Waals surface area contributed by atoms with Crippen molar-refractivity contribution in [3.8, 4) is 0 Å². The first-order valence-corrected chi connectivity index (χ1v) is 11.7. The summed E-state index contributed by atoms with van der Waals surface area (Å²) in [6.07, 6.45) is 11.1. The minimum atomic E-state index is -3.48. The molecule has 0 amide bonds. The minimum absolute atomic E-state index is 0.258. The Morgan fingerprint density at radius 3 is 2.54 bits per heavy atom. The molecule has 3 rings (SSSR count). The molecule has 0 N–H and O–H groups in total. The third-order valence-corrected chi connectivity index (χ3v) is 7.70. The second kappa shape index (κ2) is 8.41. The summed E-state index contributed by atoms with van der Waals surface area (Å²) in [5.41, 5.74) is 0.811. The highest BCUT2D eigenvalue weighted by Crippen LogP contribution is 2.43. The van der Waals surface area contributed by atoms with E-state index < -0.39 is 10.0 Å². The Balaban J connectivity index is 1.64. The van der Waals surface area contributed by atoms with Gasteiger partial charge in [-0.1, -0.05) is 63.1 Å². The largest absolute Gasteiger partial charge is 0.354 e. The number of rotatable bonds is 9. The van der Waals surface area contributed by atoms with Gasteiger partial charge in [-0.25, -0.2) is 8.42 Å². The first-order valence-electron chi connectivity index (χ1n) is 10.2. The zero-order chi connectivity index (χ0) is 18.6. The summed E-state index contributed by atoms with van der Waals surface area (Å²) in [6.45, 7) is 4.72. The van der Waals surface area contributed by atoms with Gasteiger partial charge in [0, 0.05) is 6.54 Å². The van der Waals surface area contributed by atoms with Crippen LogP contribution >= 0.6 is 0 Å². The van der Waals surface area contributed by atoms with Gasteiger partial charge in [0.2, 0.25) is 10.0 Å². The van der Waals surface area contributed by atoms with Crippen molar-refractivity contribution in [2.45, 2.75) is 94.8 Å². The molecule has 2 saturated heterocycles. The zero-order valence-electron chi connectivity index (χ0n) is 16.2. The van der Waals surface area contributed by atoms with Crippen molar-refractivity contribution in [1.82, 2.24) is 4.31 Å². The van der Waals surface area contributed by atoms with Gasteiger partial charge in [0.1, 0.15) is 6.23 Å². The molecule has 146 valence electrons. The Labute approximate surface area is 159 Å². The van der Waals surface area contributed by atoms with Crippen LogP contribution in [0.15, 0.2) is 29.2 Å². The number of sulfonamides is 1. The molecule has 0 unspecified atom stereocenters. The number of nitrogens with zero attached hydrogens (tertiary/aromatic N) is 1. The van der Waals surface area contributed by atoms with E-state index in [1.54, 1.807) is 16.4 Å². The molecule has 0 saturated carbocycles. The Morgan fingerprint density at radius 1 is 1.12 bits per heavy atom. The highest BCUT2D eigenvalue weighted by Gasteiger charge is 2.51. The van der Waals surface area contributed by atoms with Crippen LogP contribution < -0.4 is 0 Å². The van der Waals surface area contributed by atoms with Crippen molar-refractivity contribution in [3.63, 3.8) is 0 Å². The standard InChI is InChI=1S/C21H33NO3S/c1-3-4-5-6-7-8-15-21-16-9-10-20(25-21)22(17-21)26(23,24)19-13-11-18(2)12-14-19/h11-14,20H,3-10,15-17H2,1-2H3/t20-,21-/m0/s1. The molecule has 2 aliphatic heterocycles. The molecular weight excluding hydrogens is 346 g/mol. The maximum absolute atomic E-state index is 13.1. The van der Waals surface area contributed by atoms with E-state index in [9.17, 15) is 8.42 Å². The topological polar surface area (TPSA) is 46.6 Å². The summed E-state index contributed by atoms with van der Waals surface area (Å²) in [5, 5.41) is 0. The summed E-state index contributed by atoms with van der Waals surface area (Å²) < 4.78 is 34.2. The van der Waals surface area contributed by atoms with Crippen molar-refractivity contribution in [2.24, 2.45) is 0 Å². The average Bonchev–Trinajstić information content (AvgIpc) is 2.89. The molecule has 0 aliphatic carbocycles. The predicted octanol–water partition coefficient (Wildman–Crippen LogP) is 5.02.